The van der Waals surface area contributed by atoms with Crippen molar-refractivity contribution in [1.29, 1.82) is 0 Å². The molecule has 1 amide bonds. The van der Waals surface area contributed by atoms with Crippen LogP contribution in [0.5, 0.6) is 0 Å². The molecule has 0 saturated carbocycles. The Morgan fingerprint density at radius 1 is 1.38 bits per heavy atom. The number of amides is 1. The minimum atomic E-state index is -0.975. The SMILES string of the molecule is O=C(O)CC1CSCCN1C(=O)Cc1cc(F)ccc1F. The Balaban J connectivity index is 2.10. The minimum absolute atomic E-state index is 0.00713. The molecule has 1 aromatic rings. The summed E-state index contributed by atoms with van der Waals surface area (Å²) in [4.78, 5) is 24.6. The summed E-state index contributed by atoms with van der Waals surface area (Å²) in [5, 5.41) is 8.88. The number of hydrogen-bond donors (Lipinski definition) is 1. The number of halogens is 2. The van der Waals surface area contributed by atoms with E-state index in [1.165, 1.54) is 4.90 Å². The van der Waals surface area contributed by atoms with Gasteiger partial charge < -0.3 is 10.0 Å². The van der Waals surface area contributed by atoms with E-state index in [1.54, 1.807) is 11.8 Å². The van der Waals surface area contributed by atoms with Crippen LogP contribution in [0.3, 0.4) is 0 Å². The van der Waals surface area contributed by atoms with E-state index in [4.69, 9.17) is 5.11 Å². The van der Waals surface area contributed by atoms with Crippen molar-refractivity contribution < 1.29 is 23.5 Å². The Kier molecular flexibility index (Phi) is 5.17. The van der Waals surface area contributed by atoms with Gasteiger partial charge in [0.2, 0.25) is 5.91 Å². The zero-order chi connectivity index (χ0) is 15.4. The van der Waals surface area contributed by atoms with Gasteiger partial charge in [-0.1, -0.05) is 0 Å². The Morgan fingerprint density at radius 3 is 2.86 bits per heavy atom. The van der Waals surface area contributed by atoms with Gasteiger partial charge in [0.05, 0.1) is 18.9 Å². The van der Waals surface area contributed by atoms with E-state index >= 15 is 0 Å². The monoisotopic (exact) mass is 315 g/mol. The average Bonchev–Trinajstić information content (AvgIpc) is 2.42. The largest absolute Gasteiger partial charge is 0.481 e. The van der Waals surface area contributed by atoms with Crippen LogP contribution in [0.25, 0.3) is 0 Å². The zero-order valence-electron chi connectivity index (χ0n) is 11.2. The van der Waals surface area contributed by atoms with Gasteiger partial charge in [0, 0.05) is 23.6 Å². The van der Waals surface area contributed by atoms with Crippen molar-refractivity contribution in [2.45, 2.75) is 18.9 Å². The van der Waals surface area contributed by atoms with Crippen LogP contribution in [0.15, 0.2) is 18.2 Å². The van der Waals surface area contributed by atoms with Crippen LogP contribution in [0.2, 0.25) is 0 Å². The molecular weight excluding hydrogens is 300 g/mol. The number of benzene rings is 1. The fourth-order valence-corrected chi connectivity index (χ4v) is 3.36. The lowest BCUT2D eigenvalue weighted by Crippen LogP contribution is -2.47. The molecule has 4 nitrogen and oxygen atoms in total. The molecule has 0 radical (unpaired) electrons. The molecule has 2 rings (SSSR count). The first kappa shape index (κ1) is 15.8. The maximum absolute atomic E-state index is 13.6. The highest BCUT2D eigenvalue weighted by molar-refractivity contribution is 7.99. The molecule has 114 valence electrons. The predicted molar refractivity (Wildman–Crippen MR) is 75.1 cm³/mol. The third kappa shape index (κ3) is 4.17. The highest BCUT2D eigenvalue weighted by atomic mass is 32.2. The summed E-state index contributed by atoms with van der Waals surface area (Å²) in [6, 6.07) is 2.58. The first-order chi connectivity index (χ1) is 9.97. The number of carboxylic acids is 1. The summed E-state index contributed by atoms with van der Waals surface area (Å²) in [7, 11) is 0. The van der Waals surface area contributed by atoms with E-state index in [0.717, 1.165) is 18.2 Å². The first-order valence-electron chi connectivity index (χ1n) is 6.50. The number of thioether (sulfide) groups is 1. The fraction of sp³-hybridized carbons (Fsp3) is 0.429. The lowest BCUT2D eigenvalue weighted by Gasteiger charge is -2.34. The number of carboxylic acid groups (broad SMARTS) is 1. The molecular formula is C14H15F2NO3S. The lowest BCUT2D eigenvalue weighted by atomic mass is 10.1. The molecule has 1 aromatic carbocycles. The molecule has 21 heavy (non-hydrogen) atoms. The summed E-state index contributed by atoms with van der Waals surface area (Å²) >= 11 is 1.59. The molecule has 1 unspecified atom stereocenters. The van der Waals surface area contributed by atoms with Crippen LogP contribution in [-0.2, 0) is 16.0 Å². The van der Waals surface area contributed by atoms with Gasteiger partial charge >= 0.3 is 5.97 Å². The average molecular weight is 315 g/mol. The van der Waals surface area contributed by atoms with E-state index in [-0.39, 0.29) is 24.3 Å². The molecule has 0 spiro atoms. The normalized spacial score (nSPS) is 18.6. The third-order valence-corrected chi connectivity index (χ3v) is 4.40. The molecule has 1 aliphatic rings. The molecule has 7 heteroatoms. The van der Waals surface area contributed by atoms with Crippen LogP contribution < -0.4 is 0 Å². The van der Waals surface area contributed by atoms with Crippen molar-refractivity contribution in [2.75, 3.05) is 18.1 Å². The maximum atomic E-state index is 13.6. The predicted octanol–water partition coefficient (Wildman–Crippen LogP) is 1.93. The van der Waals surface area contributed by atoms with Gasteiger partial charge in [-0.2, -0.15) is 11.8 Å². The Labute approximate surface area is 125 Å². The summed E-state index contributed by atoms with van der Waals surface area (Å²) in [6.07, 6.45) is -0.394. The molecule has 0 bridgehead atoms. The number of carbonyl (C=O) groups is 2. The Hall–Kier alpha value is -1.63. The second-order valence-electron chi connectivity index (χ2n) is 4.83. The van der Waals surface area contributed by atoms with Crippen LogP contribution in [0.1, 0.15) is 12.0 Å². The van der Waals surface area contributed by atoms with E-state index in [0.29, 0.717) is 18.1 Å². The minimum Gasteiger partial charge on any atom is -0.481 e. The number of nitrogens with zero attached hydrogens (tertiary/aromatic N) is 1. The summed E-state index contributed by atoms with van der Waals surface area (Å²) < 4.78 is 26.7. The highest BCUT2D eigenvalue weighted by Gasteiger charge is 2.29. The number of hydrogen-bond acceptors (Lipinski definition) is 3. The zero-order valence-corrected chi connectivity index (χ0v) is 12.0. The van der Waals surface area contributed by atoms with Crippen molar-refractivity contribution in [3.05, 3.63) is 35.4 Å². The molecule has 1 aliphatic heterocycles. The molecule has 1 saturated heterocycles. The number of carbonyl (C=O) groups excluding carboxylic acids is 1. The smallest absolute Gasteiger partial charge is 0.305 e. The third-order valence-electron chi connectivity index (χ3n) is 3.31. The van der Waals surface area contributed by atoms with Crippen LogP contribution in [0, 0.1) is 11.6 Å². The summed E-state index contributed by atoms with van der Waals surface area (Å²) in [6.45, 7) is 0.429. The van der Waals surface area contributed by atoms with Gasteiger partial charge in [-0.15, -0.1) is 0 Å². The lowest BCUT2D eigenvalue weighted by molar-refractivity contribution is -0.140. The van der Waals surface area contributed by atoms with E-state index in [2.05, 4.69) is 0 Å². The second kappa shape index (κ2) is 6.89. The molecule has 1 heterocycles. The van der Waals surface area contributed by atoms with Gasteiger partial charge in [0.1, 0.15) is 11.6 Å². The van der Waals surface area contributed by atoms with Crippen molar-refractivity contribution in [1.82, 2.24) is 4.90 Å². The standard InChI is InChI=1S/C14H15F2NO3S/c15-10-1-2-12(16)9(5-10)6-13(18)17-3-4-21-8-11(17)7-14(19)20/h1-2,5,11H,3-4,6-8H2,(H,19,20). The van der Waals surface area contributed by atoms with Crippen molar-refractivity contribution >= 4 is 23.6 Å². The van der Waals surface area contributed by atoms with Crippen molar-refractivity contribution in [2.24, 2.45) is 0 Å². The van der Waals surface area contributed by atoms with Crippen molar-refractivity contribution in [3.63, 3.8) is 0 Å². The first-order valence-corrected chi connectivity index (χ1v) is 7.66. The van der Waals surface area contributed by atoms with Gasteiger partial charge in [-0.05, 0) is 18.2 Å². The van der Waals surface area contributed by atoms with Gasteiger partial charge in [0.25, 0.3) is 0 Å². The molecule has 0 aliphatic carbocycles. The molecule has 1 fully saturated rings. The van der Waals surface area contributed by atoms with E-state index in [1.807, 2.05) is 0 Å². The van der Waals surface area contributed by atoms with Gasteiger partial charge in [0.15, 0.2) is 0 Å². The number of rotatable bonds is 4. The molecule has 1 atom stereocenters. The van der Waals surface area contributed by atoms with E-state index < -0.39 is 23.6 Å². The maximum Gasteiger partial charge on any atom is 0.305 e. The van der Waals surface area contributed by atoms with Crippen LogP contribution in [0.4, 0.5) is 8.78 Å². The van der Waals surface area contributed by atoms with Crippen molar-refractivity contribution in [3.8, 4) is 0 Å². The summed E-state index contributed by atoms with van der Waals surface area (Å²) in [5.41, 5.74) is -0.00713. The fourth-order valence-electron chi connectivity index (χ4n) is 2.30. The topological polar surface area (TPSA) is 57.6 Å². The van der Waals surface area contributed by atoms with Crippen LogP contribution in [-0.4, -0.2) is 46.0 Å². The summed E-state index contributed by atoms with van der Waals surface area (Å²) in [5.74, 6) is -1.32. The quantitative estimate of drug-likeness (QED) is 0.922. The number of aliphatic carboxylic acids is 1. The Morgan fingerprint density at radius 2 is 2.14 bits per heavy atom. The molecule has 0 aromatic heterocycles. The van der Waals surface area contributed by atoms with Gasteiger partial charge in [-0.25, -0.2) is 8.78 Å². The molecule has 1 N–H and O–H groups in total. The highest BCUT2D eigenvalue weighted by Crippen LogP contribution is 2.21. The Bertz CT molecular complexity index is 553. The van der Waals surface area contributed by atoms with Gasteiger partial charge in [-0.3, -0.25) is 9.59 Å². The second-order valence-corrected chi connectivity index (χ2v) is 5.98. The van der Waals surface area contributed by atoms with E-state index in [9.17, 15) is 18.4 Å². The van der Waals surface area contributed by atoms with Crippen LogP contribution >= 0.6 is 11.8 Å².